The van der Waals surface area contributed by atoms with Crippen molar-refractivity contribution in [3.63, 3.8) is 0 Å². The maximum Gasteiger partial charge on any atom is 0.197 e. The maximum atomic E-state index is 5.75. The number of rotatable bonds is 8. The predicted octanol–water partition coefficient (Wildman–Crippen LogP) is 3.90. The molecule has 0 saturated heterocycles. The molecule has 1 aromatic heterocycles. The third-order valence-electron chi connectivity index (χ3n) is 3.60. The zero-order chi connectivity index (χ0) is 14.2. The highest BCUT2D eigenvalue weighted by Crippen LogP contribution is 2.14. The average Bonchev–Trinajstić information content (AvgIpc) is 2.80. The van der Waals surface area contributed by atoms with Crippen molar-refractivity contribution in [1.82, 2.24) is 9.97 Å². The first-order valence-electron chi connectivity index (χ1n) is 7.66. The summed E-state index contributed by atoms with van der Waals surface area (Å²) in [6.07, 6.45) is 8.06. The van der Waals surface area contributed by atoms with E-state index >= 15 is 0 Å². The molecule has 2 rings (SSSR count). The van der Waals surface area contributed by atoms with Crippen molar-refractivity contribution in [2.75, 3.05) is 5.73 Å². The lowest BCUT2D eigenvalue weighted by molar-refractivity contribution is 0.668. The summed E-state index contributed by atoms with van der Waals surface area (Å²) >= 11 is 0. The molecule has 0 fully saturated rings. The van der Waals surface area contributed by atoms with Crippen LogP contribution in [0.3, 0.4) is 0 Å². The van der Waals surface area contributed by atoms with Crippen molar-refractivity contribution in [3.8, 4) is 0 Å². The largest absolute Gasteiger partial charge is 0.369 e. The fraction of sp³-hybridized carbons (Fsp3) is 0.471. The van der Waals surface area contributed by atoms with Crippen LogP contribution < -0.4 is 5.73 Å². The minimum Gasteiger partial charge on any atom is -0.369 e. The second-order valence-corrected chi connectivity index (χ2v) is 5.34. The minimum atomic E-state index is 0.563. The fourth-order valence-corrected chi connectivity index (χ4v) is 2.57. The smallest absolute Gasteiger partial charge is 0.197 e. The molecule has 3 nitrogen and oxygen atoms in total. The molecule has 108 valence electrons. The number of hydrogen-bond acceptors (Lipinski definition) is 2. The molecule has 3 N–H and O–H groups in total. The number of unbranched alkanes of at least 4 members (excludes halogenated alkanes) is 2. The van der Waals surface area contributed by atoms with Crippen LogP contribution in [0.4, 0.5) is 5.95 Å². The summed E-state index contributed by atoms with van der Waals surface area (Å²) < 4.78 is 0. The highest BCUT2D eigenvalue weighted by Gasteiger charge is 2.07. The standard InChI is InChI=1S/C17H25N3/c1-2-9-15-16(20-17(18)19-15)13-8-4-7-12-14-10-5-3-6-11-14/h3,5-6,10-11H,2,4,7-9,12-13H2,1H3,(H3,18,19,20). The van der Waals surface area contributed by atoms with Crippen molar-refractivity contribution in [2.24, 2.45) is 0 Å². The van der Waals surface area contributed by atoms with Gasteiger partial charge in [0.2, 0.25) is 0 Å². The number of benzene rings is 1. The van der Waals surface area contributed by atoms with Gasteiger partial charge in [-0.2, -0.15) is 0 Å². The van der Waals surface area contributed by atoms with E-state index in [1.807, 2.05) is 0 Å². The van der Waals surface area contributed by atoms with Crippen molar-refractivity contribution < 1.29 is 0 Å². The number of hydrogen-bond donors (Lipinski definition) is 2. The number of anilines is 1. The molecule has 0 unspecified atom stereocenters. The molecule has 0 bridgehead atoms. The van der Waals surface area contributed by atoms with E-state index in [-0.39, 0.29) is 0 Å². The summed E-state index contributed by atoms with van der Waals surface area (Å²) in [6, 6.07) is 10.7. The molecule has 0 aliphatic heterocycles. The minimum absolute atomic E-state index is 0.563. The van der Waals surface area contributed by atoms with Crippen molar-refractivity contribution in [2.45, 2.75) is 51.9 Å². The van der Waals surface area contributed by atoms with E-state index in [0.717, 1.165) is 19.3 Å². The lowest BCUT2D eigenvalue weighted by Crippen LogP contribution is -1.94. The van der Waals surface area contributed by atoms with Gasteiger partial charge in [0.25, 0.3) is 0 Å². The van der Waals surface area contributed by atoms with E-state index in [4.69, 9.17) is 5.73 Å². The first-order chi connectivity index (χ1) is 9.79. The van der Waals surface area contributed by atoms with Gasteiger partial charge in [-0.1, -0.05) is 50.1 Å². The van der Waals surface area contributed by atoms with Gasteiger partial charge in [-0.05, 0) is 37.7 Å². The highest BCUT2D eigenvalue weighted by molar-refractivity contribution is 5.26. The number of imidazole rings is 1. The molecule has 2 aromatic rings. The Bertz CT molecular complexity index is 502. The molecule has 0 saturated carbocycles. The Kier molecular flexibility index (Phi) is 5.66. The Hall–Kier alpha value is -1.77. The average molecular weight is 271 g/mol. The van der Waals surface area contributed by atoms with E-state index in [0.29, 0.717) is 5.95 Å². The molecule has 0 spiro atoms. The van der Waals surface area contributed by atoms with E-state index in [2.05, 4.69) is 47.2 Å². The molecular weight excluding hydrogens is 246 g/mol. The second-order valence-electron chi connectivity index (χ2n) is 5.34. The number of aromatic amines is 1. The number of aromatic nitrogens is 2. The molecule has 0 atom stereocenters. The Labute approximate surface area is 121 Å². The SMILES string of the molecule is CCCc1[nH]c(N)nc1CCCCCc1ccccc1. The number of nitrogen functional groups attached to an aromatic ring is 1. The Balaban J connectivity index is 1.70. The first-order valence-corrected chi connectivity index (χ1v) is 7.66. The Morgan fingerprint density at radius 3 is 2.50 bits per heavy atom. The van der Waals surface area contributed by atoms with Gasteiger partial charge >= 0.3 is 0 Å². The highest BCUT2D eigenvalue weighted by atomic mass is 15.0. The molecule has 0 aliphatic rings. The van der Waals surface area contributed by atoms with Crippen molar-refractivity contribution in [3.05, 3.63) is 47.3 Å². The lowest BCUT2D eigenvalue weighted by Gasteiger charge is -2.03. The zero-order valence-corrected chi connectivity index (χ0v) is 12.4. The molecule has 1 heterocycles. The van der Waals surface area contributed by atoms with Crippen LogP contribution in [0.25, 0.3) is 0 Å². The molecule has 0 amide bonds. The van der Waals surface area contributed by atoms with Crippen LogP contribution in [0.15, 0.2) is 30.3 Å². The quantitative estimate of drug-likeness (QED) is 0.715. The van der Waals surface area contributed by atoms with Crippen LogP contribution in [0.5, 0.6) is 0 Å². The van der Waals surface area contributed by atoms with Crippen molar-refractivity contribution >= 4 is 5.95 Å². The van der Waals surface area contributed by atoms with Crippen LogP contribution in [0.1, 0.15) is 49.6 Å². The fourth-order valence-electron chi connectivity index (χ4n) is 2.57. The van der Waals surface area contributed by atoms with Crippen LogP contribution in [0, 0.1) is 0 Å². The molecule has 3 heteroatoms. The molecule has 1 aromatic carbocycles. The summed E-state index contributed by atoms with van der Waals surface area (Å²) in [5, 5.41) is 0. The van der Waals surface area contributed by atoms with Gasteiger partial charge in [0.1, 0.15) is 0 Å². The number of H-pyrrole nitrogens is 1. The summed E-state index contributed by atoms with van der Waals surface area (Å²) in [6.45, 7) is 2.18. The lowest BCUT2D eigenvalue weighted by atomic mass is 10.0. The first kappa shape index (κ1) is 14.6. The maximum absolute atomic E-state index is 5.75. The van der Waals surface area contributed by atoms with Gasteiger partial charge in [-0.25, -0.2) is 4.98 Å². The summed E-state index contributed by atoms with van der Waals surface area (Å²) in [5.41, 5.74) is 9.58. The van der Waals surface area contributed by atoms with E-state index in [9.17, 15) is 0 Å². The number of nitrogens with two attached hydrogens (primary N) is 1. The van der Waals surface area contributed by atoms with Crippen LogP contribution in [0.2, 0.25) is 0 Å². The Morgan fingerprint density at radius 1 is 1.00 bits per heavy atom. The third-order valence-corrected chi connectivity index (χ3v) is 3.60. The van der Waals surface area contributed by atoms with Crippen LogP contribution in [-0.4, -0.2) is 9.97 Å². The normalized spacial score (nSPS) is 10.8. The number of nitrogens with zero attached hydrogens (tertiary/aromatic N) is 1. The van der Waals surface area contributed by atoms with Gasteiger partial charge in [-0.3, -0.25) is 0 Å². The Morgan fingerprint density at radius 2 is 1.75 bits per heavy atom. The molecule has 20 heavy (non-hydrogen) atoms. The second kappa shape index (κ2) is 7.73. The van der Waals surface area contributed by atoms with Crippen LogP contribution >= 0.6 is 0 Å². The third kappa shape index (κ3) is 4.41. The molecule has 0 aliphatic carbocycles. The number of aryl methyl sites for hydroxylation is 3. The van der Waals surface area contributed by atoms with Gasteiger partial charge in [-0.15, -0.1) is 0 Å². The van der Waals surface area contributed by atoms with Gasteiger partial charge in [0.15, 0.2) is 5.95 Å². The molecule has 0 radical (unpaired) electrons. The van der Waals surface area contributed by atoms with E-state index in [1.54, 1.807) is 0 Å². The zero-order valence-electron chi connectivity index (χ0n) is 12.4. The topological polar surface area (TPSA) is 54.7 Å². The van der Waals surface area contributed by atoms with E-state index in [1.165, 1.54) is 42.6 Å². The van der Waals surface area contributed by atoms with Gasteiger partial charge in [0.05, 0.1) is 5.69 Å². The summed E-state index contributed by atoms with van der Waals surface area (Å²) in [7, 11) is 0. The van der Waals surface area contributed by atoms with Gasteiger partial charge < -0.3 is 10.7 Å². The van der Waals surface area contributed by atoms with Crippen molar-refractivity contribution in [1.29, 1.82) is 0 Å². The summed E-state index contributed by atoms with van der Waals surface area (Å²) in [5.74, 6) is 0.563. The van der Waals surface area contributed by atoms with E-state index < -0.39 is 0 Å². The number of nitrogens with one attached hydrogen (secondary N) is 1. The summed E-state index contributed by atoms with van der Waals surface area (Å²) in [4.78, 5) is 7.59. The monoisotopic (exact) mass is 271 g/mol. The van der Waals surface area contributed by atoms with Crippen LogP contribution in [-0.2, 0) is 19.3 Å². The predicted molar refractivity (Wildman–Crippen MR) is 84.7 cm³/mol. The van der Waals surface area contributed by atoms with Gasteiger partial charge in [0, 0.05) is 5.69 Å². The molecular formula is C17H25N3.